The summed E-state index contributed by atoms with van der Waals surface area (Å²) in [5, 5.41) is 0. The van der Waals surface area contributed by atoms with Crippen molar-refractivity contribution in [1.29, 1.82) is 0 Å². The molecule has 2 aromatic carbocycles. The first-order valence-corrected chi connectivity index (χ1v) is 11.5. The van der Waals surface area contributed by atoms with E-state index in [0.29, 0.717) is 5.56 Å². The number of thioether (sulfide) groups is 1. The standard InChI is InChI=1S/C19H14F3NO5S3/c1-27-15-8-11(6-7-14(15)28-31(2,25)26)9-16-17(24)23(18(29)30-16)13-5-3-4-12(10-13)19(20,21)22/h3-10H,1-2H3/b16-9+. The zero-order valence-electron chi connectivity index (χ0n) is 16.0. The van der Waals surface area contributed by atoms with Crippen LogP contribution in [0.15, 0.2) is 47.4 Å². The molecule has 1 amide bonds. The molecule has 12 heteroatoms. The first kappa shape index (κ1) is 23.1. The summed E-state index contributed by atoms with van der Waals surface area (Å²) >= 11 is 6.13. The topological polar surface area (TPSA) is 72.9 Å². The summed E-state index contributed by atoms with van der Waals surface area (Å²) in [6.45, 7) is 0. The number of rotatable bonds is 5. The van der Waals surface area contributed by atoms with Gasteiger partial charge in [-0.05, 0) is 42.0 Å². The molecule has 0 N–H and O–H groups in total. The number of ether oxygens (including phenoxy) is 1. The Morgan fingerprint density at radius 1 is 1.13 bits per heavy atom. The Kier molecular flexibility index (Phi) is 6.35. The zero-order valence-corrected chi connectivity index (χ0v) is 18.4. The summed E-state index contributed by atoms with van der Waals surface area (Å²) < 4.78 is 71.7. The molecular weight excluding hydrogens is 475 g/mol. The predicted molar refractivity (Wildman–Crippen MR) is 116 cm³/mol. The van der Waals surface area contributed by atoms with Gasteiger partial charge in [0.1, 0.15) is 0 Å². The number of nitrogens with zero attached hydrogens (tertiary/aromatic N) is 1. The van der Waals surface area contributed by atoms with Crippen LogP contribution in [0.3, 0.4) is 0 Å². The smallest absolute Gasteiger partial charge is 0.416 e. The van der Waals surface area contributed by atoms with Gasteiger partial charge in [-0.2, -0.15) is 21.6 Å². The molecule has 0 spiro atoms. The SMILES string of the molecule is COc1cc(/C=C2/SC(=S)N(c3cccc(C(F)(F)F)c3)C2=O)ccc1OS(C)(=O)=O. The van der Waals surface area contributed by atoms with E-state index in [4.69, 9.17) is 21.1 Å². The van der Waals surface area contributed by atoms with Gasteiger partial charge < -0.3 is 8.92 Å². The van der Waals surface area contributed by atoms with Crippen molar-refractivity contribution in [2.24, 2.45) is 0 Å². The third-order valence-electron chi connectivity index (χ3n) is 3.95. The van der Waals surface area contributed by atoms with Crippen molar-refractivity contribution in [3.63, 3.8) is 0 Å². The molecule has 164 valence electrons. The quantitative estimate of drug-likeness (QED) is 0.349. The van der Waals surface area contributed by atoms with Gasteiger partial charge in [-0.1, -0.05) is 36.1 Å². The van der Waals surface area contributed by atoms with E-state index in [1.54, 1.807) is 0 Å². The molecule has 0 unspecified atom stereocenters. The summed E-state index contributed by atoms with van der Waals surface area (Å²) in [6, 6.07) is 8.64. The number of thiocarbonyl (C=S) groups is 1. The number of alkyl halides is 3. The number of benzene rings is 2. The molecule has 1 aliphatic rings. The number of halogens is 3. The highest BCUT2D eigenvalue weighted by Crippen LogP contribution is 2.39. The van der Waals surface area contributed by atoms with E-state index in [2.05, 4.69) is 0 Å². The van der Waals surface area contributed by atoms with Gasteiger partial charge in [-0.3, -0.25) is 9.69 Å². The van der Waals surface area contributed by atoms with Crippen LogP contribution in [0, 0.1) is 0 Å². The van der Waals surface area contributed by atoms with Gasteiger partial charge in [0.2, 0.25) is 0 Å². The third-order valence-corrected chi connectivity index (χ3v) is 5.74. The number of amides is 1. The molecule has 0 bridgehead atoms. The van der Waals surface area contributed by atoms with Crippen molar-refractivity contribution in [1.82, 2.24) is 0 Å². The fourth-order valence-corrected chi connectivity index (χ4v) is 4.43. The van der Waals surface area contributed by atoms with Gasteiger partial charge in [0.25, 0.3) is 5.91 Å². The van der Waals surface area contributed by atoms with Crippen LogP contribution in [0.4, 0.5) is 18.9 Å². The maximum atomic E-state index is 13.0. The minimum Gasteiger partial charge on any atom is -0.493 e. The second-order valence-electron chi connectivity index (χ2n) is 6.26. The number of hydrogen-bond donors (Lipinski definition) is 0. The van der Waals surface area contributed by atoms with E-state index in [1.807, 2.05) is 0 Å². The van der Waals surface area contributed by atoms with Crippen molar-refractivity contribution in [2.75, 3.05) is 18.3 Å². The predicted octanol–water partition coefficient (Wildman–Crippen LogP) is 4.46. The zero-order chi connectivity index (χ0) is 23.0. The van der Waals surface area contributed by atoms with E-state index in [9.17, 15) is 26.4 Å². The number of hydrogen-bond acceptors (Lipinski definition) is 7. The van der Waals surface area contributed by atoms with Crippen molar-refractivity contribution in [3.05, 3.63) is 58.5 Å². The molecule has 1 saturated heterocycles. The van der Waals surface area contributed by atoms with Crippen LogP contribution in [0.5, 0.6) is 11.5 Å². The average Bonchev–Trinajstić information content (AvgIpc) is 2.94. The van der Waals surface area contributed by atoms with Gasteiger partial charge in [0.05, 0.1) is 29.5 Å². The summed E-state index contributed by atoms with van der Waals surface area (Å²) in [5.41, 5.74) is -0.410. The Bertz CT molecular complexity index is 1190. The Hall–Kier alpha value is -2.57. The van der Waals surface area contributed by atoms with Crippen LogP contribution in [-0.2, 0) is 21.1 Å². The number of carbonyl (C=O) groups excluding carboxylic acids is 1. The van der Waals surface area contributed by atoms with Crippen LogP contribution in [-0.4, -0.2) is 32.0 Å². The van der Waals surface area contributed by atoms with Gasteiger partial charge in [-0.25, -0.2) is 0 Å². The Morgan fingerprint density at radius 2 is 1.84 bits per heavy atom. The monoisotopic (exact) mass is 489 g/mol. The molecular formula is C19H14F3NO5S3. The molecule has 2 aromatic rings. The van der Waals surface area contributed by atoms with Crippen molar-refractivity contribution < 1.29 is 35.3 Å². The van der Waals surface area contributed by atoms with Crippen LogP contribution >= 0.6 is 24.0 Å². The van der Waals surface area contributed by atoms with Crippen LogP contribution < -0.4 is 13.8 Å². The molecule has 3 rings (SSSR count). The summed E-state index contributed by atoms with van der Waals surface area (Å²) in [5.74, 6) is -0.490. The minimum atomic E-state index is -4.56. The highest BCUT2D eigenvalue weighted by Gasteiger charge is 2.36. The molecule has 0 atom stereocenters. The van der Waals surface area contributed by atoms with E-state index in [0.717, 1.165) is 35.1 Å². The van der Waals surface area contributed by atoms with Gasteiger partial charge in [0, 0.05) is 0 Å². The molecule has 0 radical (unpaired) electrons. The van der Waals surface area contributed by atoms with E-state index in [-0.39, 0.29) is 26.4 Å². The Morgan fingerprint density at radius 3 is 2.45 bits per heavy atom. The average molecular weight is 490 g/mol. The van der Waals surface area contributed by atoms with Crippen LogP contribution in [0.2, 0.25) is 0 Å². The van der Waals surface area contributed by atoms with E-state index >= 15 is 0 Å². The second kappa shape index (κ2) is 8.52. The van der Waals surface area contributed by atoms with E-state index in [1.165, 1.54) is 43.5 Å². The molecule has 31 heavy (non-hydrogen) atoms. The van der Waals surface area contributed by atoms with Gasteiger partial charge >= 0.3 is 16.3 Å². The van der Waals surface area contributed by atoms with Crippen LogP contribution in [0.1, 0.15) is 11.1 Å². The van der Waals surface area contributed by atoms with Gasteiger partial charge in [-0.15, -0.1) is 0 Å². The molecule has 1 fully saturated rings. The lowest BCUT2D eigenvalue weighted by molar-refractivity contribution is -0.137. The lowest BCUT2D eigenvalue weighted by atomic mass is 10.1. The Balaban J connectivity index is 1.92. The maximum Gasteiger partial charge on any atom is 0.416 e. The summed E-state index contributed by atoms with van der Waals surface area (Å²) in [4.78, 5) is 14.0. The number of carbonyl (C=O) groups is 1. The first-order valence-electron chi connectivity index (χ1n) is 8.42. The molecule has 0 aromatic heterocycles. The van der Waals surface area contributed by atoms with Crippen molar-refractivity contribution >= 4 is 56.1 Å². The highest BCUT2D eigenvalue weighted by atomic mass is 32.2. The number of anilines is 1. The maximum absolute atomic E-state index is 13.0. The number of methoxy groups -OCH3 is 1. The largest absolute Gasteiger partial charge is 0.493 e. The van der Waals surface area contributed by atoms with Gasteiger partial charge in [0.15, 0.2) is 15.8 Å². The molecule has 6 nitrogen and oxygen atoms in total. The Labute approximate surface area is 185 Å². The lowest BCUT2D eigenvalue weighted by Crippen LogP contribution is -2.27. The fraction of sp³-hybridized carbons (Fsp3) is 0.158. The molecule has 0 aliphatic carbocycles. The lowest BCUT2D eigenvalue weighted by Gasteiger charge is -2.16. The van der Waals surface area contributed by atoms with Crippen LogP contribution in [0.25, 0.3) is 6.08 Å². The van der Waals surface area contributed by atoms with E-state index < -0.39 is 27.8 Å². The highest BCUT2D eigenvalue weighted by molar-refractivity contribution is 8.27. The fourth-order valence-electron chi connectivity index (χ4n) is 2.67. The van der Waals surface area contributed by atoms with Crippen molar-refractivity contribution in [3.8, 4) is 11.5 Å². The normalized spacial score (nSPS) is 16.2. The van der Waals surface area contributed by atoms with Crippen molar-refractivity contribution in [2.45, 2.75) is 6.18 Å². The molecule has 1 heterocycles. The summed E-state index contributed by atoms with van der Waals surface area (Å²) in [6.07, 6.45) is -2.20. The minimum absolute atomic E-state index is 0.00945. The summed E-state index contributed by atoms with van der Waals surface area (Å²) in [7, 11) is -2.45. The molecule has 0 saturated carbocycles. The second-order valence-corrected chi connectivity index (χ2v) is 9.51. The third kappa shape index (κ3) is 5.38. The molecule has 1 aliphatic heterocycles. The first-order chi connectivity index (χ1) is 14.4.